The summed E-state index contributed by atoms with van der Waals surface area (Å²) in [6.45, 7) is 6.61. The van der Waals surface area contributed by atoms with E-state index in [1.165, 1.54) is 11.3 Å². The monoisotopic (exact) mass is 562 g/mol. The zero-order chi connectivity index (χ0) is 22.1. The molecule has 1 unspecified atom stereocenters. The Morgan fingerprint density at radius 3 is 2.58 bits per heavy atom. The number of aromatic nitrogens is 1. The second kappa shape index (κ2) is 13.4. The first-order valence-electron chi connectivity index (χ1n) is 9.75. The predicted octanol–water partition coefficient (Wildman–Crippen LogP) is 3.73. The molecule has 0 aliphatic heterocycles. The molecule has 0 amide bonds. The van der Waals surface area contributed by atoms with E-state index in [-0.39, 0.29) is 36.0 Å². The average molecular weight is 562 g/mol. The maximum Gasteiger partial charge on any atom is 0.350 e. The molecule has 0 fully saturated rings. The second-order valence-electron chi connectivity index (χ2n) is 6.49. The lowest BCUT2D eigenvalue weighted by molar-refractivity contribution is 0.0531. The predicted molar refractivity (Wildman–Crippen MR) is 134 cm³/mol. The van der Waals surface area contributed by atoms with Crippen molar-refractivity contribution >= 4 is 47.2 Å². The Morgan fingerprint density at radius 2 is 1.97 bits per heavy atom. The first kappa shape index (κ1) is 27.0. The van der Waals surface area contributed by atoms with E-state index in [0.29, 0.717) is 41.2 Å². The number of guanidine groups is 1. The molecule has 172 valence electrons. The number of carbonyl (C=O) groups is 1. The number of esters is 1. The van der Waals surface area contributed by atoms with Gasteiger partial charge >= 0.3 is 5.97 Å². The van der Waals surface area contributed by atoms with Gasteiger partial charge in [-0.3, -0.25) is 4.99 Å². The van der Waals surface area contributed by atoms with Gasteiger partial charge in [0.25, 0.3) is 0 Å². The summed E-state index contributed by atoms with van der Waals surface area (Å²) in [5, 5.41) is 7.42. The van der Waals surface area contributed by atoms with Gasteiger partial charge in [0.05, 0.1) is 32.6 Å². The lowest BCUT2D eigenvalue weighted by Crippen LogP contribution is -2.39. The fraction of sp³-hybridized carbons (Fsp3) is 0.476. The highest BCUT2D eigenvalue weighted by molar-refractivity contribution is 14.0. The van der Waals surface area contributed by atoms with Crippen molar-refractivity contribution < 1.29 is 19.0 Å². The van der Waals surface area contributed by atoms with Crippen molar-refractivity contribution in [2.75, 3.05) is 34.4 Å². The van der Waals surface area contributed by atoms with E-state index in [0.717, 1.165) is 17.0 Å². The van der Waals surface area contributed by atoms with Gasteiger partial charge in [-0.15, -0.1) is 35.3 Å². The average Bonchev–Trinajstić information content (AvgIpc) is 3.14. The molecule has 2 rings (SSSR count). The Morgan fingerprint density at radius 1 is 1.26 bits per heavy atom. The molecule has 1 aromatic heterocycles. The van der Waals surface area contributed by atoms with Crippen molar-refractivity contribution in [3.63, 3.8) is 0 Å². The number of aliphatic imine (C=N–C) groups is 1. The van der Waals surface area contributed by atoms with Crippen molar-refractivity contribution in [1.29, 1.82) is 0 Å². The molecule has 2 aromatic rings. The molecule has 2 N–H and O–H groups in total. The molecular weight excluding hydrogens is 531 g/mol. The number of nitrogens with zero attached hydrogens (tertiary/aromatic N) is 2. The van der Waals surface area contributed by atoms with Crippen LogP contribution in [-0.2, 0) is 11.2 Å². The first-order chi connectivity index (χ1) is 14.4. The van der Waals surface area contributed by atoms with Crippen molar-refractivity contribution in [2.45, 2.75) is 33.2 Å². The zero-order valence-electron chi connectivity index (χ0n) is 18.8. The zero-order valence-corrected chi connectivity index (χ0v) is 21.9. The fourth-order valence-electron chi connectivity index (χ4n) is 2.81. The summed E-state index contributed by atoms with van der Waals surface area (Å²) in [6, 6.07) is 5.77. The maximum absolute atomic E-state index is 12.0. The number of carbonyl (C=O) groups excluding carboxylic acids is 1. The van der Waals surface area contributed by atoms with Crippen LogP contribution >= 0.6 is 35.3 Å². The van der Waals surface area contributed by atoms with Gasteiger partial charge in [0, 0.05) is 13.6 Å². The lowest BCUT2D eigenvalue weighted by Gasteiger charge is -2.16. The number of hydrogen-bond donors (Lipinski definition) is 2. The van der Waals surface area contributed by atoms with E-state index >= 15 is 0 Å². The van der Waals surface area contributed by atoms with E-state index in [2.05, 4.69) is 20.6 Å². The summed E-state index contributed by atoms with van der Waals surface area (Å²) in [6.07, 6.45) is 0.790. The number of hydrogen-bond acceptors (Lipinski definition) is 7. The molecule has 0 saturated carbocycles. The molecule has 8 nitrogen and oxygen atoms in total. The van der Waals surface area contributed by atoms with Crippen LogP contribution in [0.5, 0.6) is 11.5 Å². The lowest BCUT2D eigenvalue weighted by atomic mass is 10.1. The number of ether oxygens (including phenoxy) is 3. The van der Waals surface area contributed by atoms with Gasteiger partial charge in [0.1, 0.15) is 9.88 Å². The molecule has 1 heterocycles. The van der Waals surface area contributed by atoms with Gasteiger partial charge in [-0.2, -0.15) is 0 Å². The number of rotatable bonds is 9. The SMILES string of the molecule is CCOC(=O)c1sc(C(C)NC(=NC)NCCc2ccc(OC)c(OC)c2)nc1C.I. The third kappa shape index (κ3) is 7.53. The van der Waals surface area contributed by atoms with Crippen LogP contribution in [0.4, 0.5) is 0 Å². The Labute approximate surface area is 204 Å². The largest absolute Gasteiger partial charge is 0.493 e. The second-order valence-corrected chi connectivity index (χ2v) is 7.52. The summed E-state index contributed by atoms with van der Waals surface area (Å²) >= 11 is 1.34. The van der Waals surface area contributed by atoms with E-state index in [4.69, 9.17) is 14.2 Å². The molecular formula is C21H31IN4O4S. The van der Waals surface area contributed by atoms with Crippen LogP contribution in [0.1, 0.15) is 45.8 Å². The van der Waals surface area contributed by atoms with Gasteiger partial charge in [0.15, 0.2) is 17.5 Å². The topological polar surface area (TPSA) is 94.1 Å². The van der Waals surface area contributed by atoms with Crippen molar-refractivity contribution in [3.05, 3.63) is 39.3 Å². The highest BCUT2D eigenvalue weighted by Gasteiger charge is 2.20. The number of halogens is 1. The van der Waals surface area contributed by atoms with Crippen LogP contribution in [-0.4, -0.2) is 51.3 Å². The number of methoxy groups -OCH3 is 2. The summed E-state index contributed by atoms with van der Waals surface area (Å²) < 4.78 is 15.7. The number of benzene rings is 1. The van der Waals surface area contributed by atoms with E-state index in [9.17, 15) is 4.79 Å². The molecule has 0 saturated heterocycles. The van der Waals surface area contributed by atoms with Gasteiger partial charge in [0.2, 0.25) is 0 Å². The maximum atomic E-state index is 12.0. The third-order valence-corrected chi connectivity index (χ3v) is 5.70. The van der Waals surface area contributed by atoms with Crippen LogP contribution < -0.4 is 20.1 Å². The highest BCUT2D eigenvalue weighted by Crippen LogP contribution is 2.27. The Kier molecular flexibility index (Phi) is 11.6. The summed E-state index contributed by atoms with van der Waals surface area (Å²) in [7, 11) is 4.96. The van der Waals surface area contributed by atoms with Crippen LogP contribution in [0.3, 0.4) is 0 Å². The van der Waals surface area contributed by atoms with Crippen LogP contribution in [0.25, 0.3) is 0 Å². The summed E-state index contributed by atoms with van der Waals surface area (Å²) in [5.74, 6) is 1.75. The third-order valence-electron chi connectivity index (χ3n) is 4.38. The van der Waals surface area contributed by atoms with Gasteiger partial charge in [-0.25, -0.2) is 9.78 Å². The molecule has 10 heteroatoms. The van der Waals surface area contributed by atoms with E-state index < -0.39 is 0 Å². The van der Waals surface area contributed by atoms with Crippen LogP contribution in [0.2, 0.25) is 0 Å². The number of nitrogens with one attached hydrogen (secondary N) is 2. The van der Waals surface area contributed by atoms with Gasteiger partial charge in [-0.1, -0.05) is 6.07 Å². The minimum absolute atomic E-state index is 0. The normalized spacial score (nSPS) is 11.9. The van der Waals surface area contributed by atoms with Gasteiger partial charge < -0.3 is 24.8 Å². The minimum Gasteiger partial charge on any atom is -0.493 e. The molecule has 0 spiro atoms. The molecule has 0 radical (unpaired) electrons. The number of aryl methyl sites for hydroxylation is 1. The minimum atomic E-state index is -0.330. The standard InChI is InChI=1S/C21H30N4O4S.HI/c1-7-29-20(26)18-13(2)24-19(30-18)14(3)25-21(22-4)23-11-10-15-8-9-16(27-5)17(12-15)28-6;/h8-9,12,14H,7,10-11H2,1-6H3,(H2,22,23,25);1H. The molecule has 1 aromatic carbocycles. The molecule has 0 aliphatic carbocycles. The molecule has 1 atom stereocenters. The van der Waals surface area contributed by atoms with Crippen molar-refractivity contribution in [1.82, 2.24) is 15.6 Å². The smallest absolute Gasteiger partial charge is 0.350 e. The van der Waals surface area contributed by atoms with E-state index in [1.807, 2.05) is 32.0 Å². The Balaban J connectivity index is 0.00000480. The Hall–Kier alpha value is -2.08. The summed E-state index contributed by atoms with van der Waals surface area (Å²) in [5.41, 5.74) is 1.80. The summed E-state index contributed by atoms with van der Waals surface area (Å²) in [4.78, 5) is 21.3. The van der Waals surface area contributed by atoms with E-state index in [1.54, 1.807) is 28.2 Å². The van der Waals surface area contributed by atoms with Crippen molar-refractivity contribution in [3.8, 4) is 11.5 Å². The molecule has 0 bridgehead atoms. The fourth-order valence-corrected chi connectivity index (χ4v) is 3.77. The highest BCUT2D eigenvalue weighted by atomic mass is 127. The van der Waals surface area contributed by atoms with Crippen LogP contribution in [0.15, 0.2) is 23.2 Å². The number of thiazole rings is 1. The Bertz CT molecular complexity index is 888. The van der Waals surface area contributed by atoms with Gasteiger partial charge in [-0.05, 0) is 44.9 Å². The van der Waals surface area contributed by atoms with Crippen LogP contribution in [0, 0.1) is 6.92 Å². The molecule has 31 heavy (non-hydrogen) atoms. The molecule has 0 aliphatic rings. The van der Waals surface area contributed by atoms with Crippen molar-refractivity contribution in [2.24, 2.45) is 4.99 Å². The quantitative estimate of drug-likeness (QED) is 0.208. The first-order valence-corrected chi connectivity index (χ1v) is 10.6.